The van der Waals surface area contributed by atoms with Gasteiger partial charge in [-0.15, -0.1) is 0 Å². The van der Waals surface area contributed by atoms with Crippen molar-refractivity contribution in [3.05, 3.63) is 34.9 Å². The van der Waals surface area contributed by atoms with E-state index in [9.17, 15) is 13.2 Å². The van der Waals surface area contributed by atoms with E-state index in [4.69, 9.17) is 0 Å². The van der Waals surface area contributed by atoms with E-state index in [-0.39, 0.29) is 18.0 Å². The van der Waals surface area contributed by atoms with Crippen LogP contribution in [0.5, 0.6) is 0 Å². The predicted molar refractivity (Wildman–Crippen MR) is 111 cm³/mol. The van der Waals surface area contributed by atoms with Gasteiger partial charge in [-0.3, -0.25) is 9.69 Å². The highest BCUT2D eigenvalue weighted by atomic mass is 32.2. The standard InChI is InChI=1S/C21H33N3O3S/c1-15-5-4-6-18(16(15)2)12-22-21(25)11-19-9-10-20(13-23-28(3,26)27)24(19)14-17-7-8-17/h4-6,17,19-20,23H,7-14H2,1-3H3,(H,22,25)/t19-,20+/m1/s1. The van der Waals surface area contributed by atoms with Crippen LogP contribution in [0.1, 0.15) is 48.8 Å². The first-order chi connectivity index (χ1) is 13.2. The van der Waals surface area contributed by atoms with Crippen LogP contribution in [0.3, 0.4) is 0 Å². The third kappa shape index (κ3) is 6.03. The maximum atomic E-state index is 12.6. The summed E-state index contributed by atoms with van der Waals surface area (Å²) in [7, 11) is -3.19. The molecule has 2 aliphatic rings. The van der Waals surface area contributed by atoms with Crippen molar-refractivity contribution in [3.63, 3.8) is 0 Å². The van der Waals surface area contributed by atoms with E-state index in [0.29, 0.717) is 25.4 Å². The van der Waals surface area contributed by atoms with Crippen molar-refractivity contribution < 1.29 is 13.2 Å². The summed E-state index contributed by atoms with van der Waals surface area (Å²) in [5.41, 5.74) is 3.62. The fourth-order valence-electron chi connectivity index (χ4n) is 4.08. The maximum absolute atomic E-state index is 12.6. The van der Waals surface area contributed by atoms with Gasteiger partial charge in [0, 0.05) is 38.1 Å². The van der Waals surface area contributed by atoms with Crippen molar-refractivity contribution in [1.82, 2.24) is 14.9 Å². The Bertz CT molecular complexity index is 805. The lowest BCUT2D eigenvalue weighted by Crippen LogP contribution is -2.45. The molecule has 3 rings (SSSR count). The Kier molecular flexibility index (Phi) is 6.78. The van der Waals surface area contributed by atoms with Crippen molar-refractivity contribution in [1.29, 1.82) is 0 Å². The van der Waals surface area contributed by atoms with Crippen molar-refractivity contribution in [2.45, 2.75) is 64.6 Å². The van der Waals surface area contributed by atoms with E-state index in [1.54, 1.807) is 0 Å². The summed E-state index contributed by atoms with van der Waals surface area (Å²) in [6, 6.07) is 6.56. The van der Waals surface area contributed by atoms with Crippen LogP contribution in [0, 0.1) is 19.8 Å². The molecule has 2 fully saturated rings. The van der Waals surface area contributed by atoms with Crippen LogP contribution in [-0.2, 0) is 21.4 Å². The van der Waals surface area contributed by atoms with Crippen molar-refractivity contribution >= 4 is 15.9 Å². The summed E-state index contributed by atoms with van der Waals surface area (Å²) in [5.74, 6) is 0.780. The van der Waals surface area contributed by atoms with Crippen molar-refractivity contribution in [2.75, 3.05) is 19.3 Å². The monoisotopic (exact) mass is 407 g/mol. The number of hydrogen-bond acceptors (Lipinski definition) is 4. The maximum Gasteiger partial charge on any atom is 0.221 e. The Morgan fingerprint density at radius 3 is 2.54 bits per heavy atom. The summed E-state index contributed by atoms with van der Waals surface area (Å²) in [5, 5.41) is 3.08. The van der Waals surface area contributed by atoms with Gasteiger partial charge in [-0.1, -0.05) is 18.2 Å². The second-order valence-electron chi connectivity index (χ2n) is 8.49. The highest BCUT2D eigenvalue weighted by Gasteiger charge is 2.38. The number of benzene rings is 1. The number of likely N-dealkylation sites (tertiary alicyclic amines) is 1. The molecule has 2 N–H and O–H groups in total. The second kappa shape index (κ2) is 8.93. The van der Waals surface area contributed by atoms with Crippen LogP contribution in [0.25, 0.3) is 0 Å². The lowest BCUT2D eigenvalue weighted by Gasteiger charge is -2.30. The summed E-state index contributed by atoms with van der Waals surface area (Å²) >= 11 is 0. The van der Waals surface area contributed by atoms with Gasteiger partial charge in [-0.05, 0) is 62.1 Å². The minimum Gasteiger partial charge on any atom is -0.352 e. The van der Waals surface area contributed by atoms with Crippen LogP contribution in [0.4, 0.5) is 0 Å². The lowest BCUT2D eigenvalue weighted by atomic mass is 10.0. The molecular weight excluding hydrogens is 374 g/mol. The lowest BCUT2D eigenvalue weighted by molar-refractivity contribution is -0.122. The molecule has 28 heavy (non-hydrogen) atoms. The number of amides is 1. The third-order valence-electron chi connectivity index (χ3n) is 6.13. The zero-order chi connectivity index (χ0) is 20.3. The van der Waals surface area contributed by atoms with E-state index in [1.807, 2.05) is 6.07 Å². The summed E-state index contributed by atoms with van der Waals surface area (Å²) in [6.07, 6.45) is 6.05. The molecule has 0 spiro atoms. The molecule has 1 aliphatic carbocycles. The smallest absolute Gasteiger partial charge is 0.221 e. The number of aryl methyl sites for hydroxylation is 1. The number of hydrogen-bond donors (Lipinski definition) is 2. The zero-order valence-corrected chi connectivity index (χ0v) is 18.0. The van der Waals surface area contributed by atoms with Crippen LogP contribution in [0.2, 0.25) is 0 Å². The molecule has 1 heterocycles. The fraction of sp³-hybridized carbons (Fsp3) is 0.667. The van der Waals surface area contributed by atoms with E-state index in [0.717, 1.165) is 24.9 Å². The number of nitrogens with one attached hydrogen (secondary N) is 2. The first-order valence-corrected chi connectivity index (χ1v) is 12.1. The largest absolute Gasteiger partial charge is 0.352 e. The molecule has 2 atom stereocenters. The van der Waals surface area contributed by atoms with Gasteiger partial charge in [-0.25, -0.2) is 13.1 Å². The normalized spacial score (nSPS) is 23.1. The SMILES string of the molecule is Cc1cccc(CNC(=O)C[C@H]2CC[C@@H](CNS(C)(=O)=O)N2CC2CC2)c1C. The average Bonchev–Trinajstić information content (AvgIpc) is 3.36. The molecule has 0 bridgehead atoms. The van der Waals surface area contributed by atoms with Gasteiger partial charge in [0.2, 0.25) is 15.9 Å². The molecule has 7 heteroatoms. The first-order valence-electron chi connectivity index (χ1n) is 10.2. The number of carbonyl (C=O) groups is 1. The Morgan fingerprint density at radius 1 is 1.14 bits per heavy atom. The number of rotatable bonds is 9. The number of carbonyl (C=O) groups excluding carboxylic acids is 1. The van der Waals surface area contributed by atoms with Gasteiger partial charge in [0.15, 0.2) is 0 Å². The molecule has 1 amide bonds. The zero-order valence-electron chi connectivity index (χ0n) is 17.2. The molecule has 0 radical (unpaired) electrons. The van der Waals surface area contributed by atoms with Crippen molar-refractivity contribution in [2.24, 2.45) is 5.92 Å². The van der Waals surface area contributed by atoms with Gasteiger partial charge < -0.3 is 5.32 Å². The van der Waals surface area contributed by atoms with Crippen molar-refractivity contribution in [3.8, 4) is 0 Å². The summed E-state index contributed by atoms with van der Waals surface area (Å²) in [6.45, 7) is 6.14. The Balaban J connectivity index is 1.55. The molecular formula is C21H33N3O3S. The van der Waals surface area contributed by atoms with Gasteiger partial charge in [-0.2, -0.15) is 0 Å². The van der Waals surface area contributed by atoms with Crippen LogP contribution in [0.15, 0.2) is 18.2 Å². The Morgan fingerprint density at radius 2 is 1.86 bits per heavy atom. The molecule has 1 saturated carbocycles. The molecule has 156 valence electrons. The molecule has 1 saturated heterocycles. The van der Waals surface area contributed by atoms with Crippen LogP contribution < -0.4 is 10.0 Å². The Hall–Kier alpha value is -1.44. The molecule has 6 nitrogen and oxygen atoms in total. The first kappa shape index (κ1) is 21.3. The average molecular weight is 408 g/mol. The fourth-order valence-corrected chi connectivity index (χ4v) is 4.58. The summed E-state index contributed by atoms with van der Waals surface area (Å²) in [4.78, 5) is 15.0. The second-order valence-corrected chi connectivity index (χ2v) is 10.3. The van der Waals surface area contributed by atoms with Gasteiger partial charge in [0.1, 0.15) is 0 Å². The minimum absolute atomic E-state index is 0.0726. The predicted octanol–water partition coefficient (Wildman–Crippen LogP) is 2.10. The van der Waals surface area contributed by atoms with E-state index in [1.165, 1.54) is 30.2 Å². The Labute approximate surface area is 169 Å². The van der Waals surface area contributed by atoms with E-state index in [2.05, 4.69) is 40.9 Å². The van der Waals surface area contributed by atoms with Gasteiger partial charge in [0.05, 0.1) is 6.26 Å². The molecule has 1 aromatic rings. The summed E-state index contributed by atoms with van der Waals surface area (Å²) < 4.78 is 25.6. The van der Waals surface area contributed by atoms with Gasteiger partial charge in [0.25, 0.3) is 0 Å². The quantitative estimate of drug-likeness (QED) is 0.657. The number of sulfonamides is 1. The van der Waals surface area contributed by atoms with E-state index < -0.39 is 10.0 Å². The highest BCUT2D eigenvalue weighted by molar-refractivity contribution is 7.88. The molecule has 1 aromatic carbocycles. The highest BCUT2D eigenvalue weighted by Crippen LogP contribution is 2.35. The van der Waals surface area contributed by atoms with Crippen LogP contribution in [-0.4, -0.2) is 50.7 Å². The minimum atomic E-state index is -3.19. The number of nitrogens with zero attached hydrogens (tertiary/aromatic N) is 1. The third-order valence-corrected chi connectivity index (χ3v) is 6.82. The molecule has 1 aliphatic heterocycles. The van der Waals surface area contributed by atoms with E-state index >= 15 is 0 Å². The topological polar surface area (TPSA) is 78.5 Å². The molecule has 0 unspecified atom stereocenters. The van der Waals surface area contributed by atoms with Gasteiger partial charge >= 0.3 is 0 Å². The molecule has 0 aromatic heterocycles. The van der Waals surface area contributed by atoms with Crippen LogP contribution >= 0.6 is 0 Å².